The summed E-state index contributed by atoms with van der Waals surface area (Å²) in [6, 6.07) is 8.71. The Bertz CT molecular complexity index is 479. The summed E-state index contributed by atoms with van der Waals surface area (Å²) in [4.78, 5) is 14.0. The fraction of sp³-hybridized carbons (Fsp3) is 0.500. The van der Waals surface area contributed by atoms with Gasteiger partial charge < -0.3 is 0 Å². The van der Waals surface area contributed by atoms with Gasteiger partial charge >= 0.3 is 0 Å². The highest BCUT2D eigenvalue weighted by Crippen LogP contribution is 2.22. The summed E-state index contributed by atoms with van der Waals surface area (Å²) in [5, 5.41) is 0. The second kappa shape index (κ2) is 10.9. The lowest BCUT2D eigenvalue weighted by Gasteiger charge is -2.13. The van der Waals surface area contributed by atoms with E-state index in [4.69, 9.17) is 9.93 Å². The van der Waals surface area contributed by atoms with Gasteiger partial charge in [-0.15, -0.1) is 0 Å². The average Bonchev–Trinajstić information content (AvgIpc) is 2.51. The van der Waals surface area contributed by atoms with Crippen molar-refractivity contribution >= 4 is 0 Å². The largest absolute Gasteiger partial charge is 0.0812 e. The van der Waals surface area contributed by atoms with Gasteiger partial charge in [-0.1, -0.05) is 80.8 Å². The third kappa shape index (κ3) is 7.92. The average molecular weight is 302 g/mol. The van der Waals surface area contributed by atoms with Gasteiger partial charge in [0.2, 0.25) is 0 Å². The van der Waals surface area contributed by atoms with E-state index < -0.39 is 0 Å². The minimum Gasteiger partial charge on any atom is -0.0812 e. The van der Waals surface area contributed by atoms with Crippen LogP contribution in [0.15, 0.2) is 47.6 Å². The van der Waals surface area contributed by atoms with Crippen molar-refractivity contribution in [1.29, 1.82) is 0 Å². The molecule has 1 aliphatic carbocycles. The first-order valence-corrected chi connectivity index (χ1v) is 7.98. The number of hydrogen-bond donors (Lipinski definition) is 0. The highest BCUT2D eigenvalue weighted by atomic mass is 16.7. The molecule has 2 rings (SSSR count). The van der Waals surface area contributed by atoms with Crippen molar-refractivity contribution in [2.75, 3.05) is 0 Å². The monoisotopic (exact) mass is 302 g/mol. The van der Waals surface area contributed by atoms with E-state index in [1.807, 2.05) is 0 Å². The molecule has 0 atom stereocenters. The first-order chi connectivity index (χ1) is 10.4. The molecular weight excluding hydrogens is 272 g/mol. The Balaban J connectivity index is 0.000000360. The fourth-order valence-corrected chi connectivity index (χ4v) is 2.17. The molecule has 0 fully saturated rings. The van der Waals surface area contributed by atoms with Crippen LogP contribution in [0.1, 0.15) is 64.5 Å². The maximum Gasteiger partial charge on any atom is 0 e. The molecule has 1 aromatic rings. The third-order valence-corrected chi connectivity index (χ3v) is 3.86. The van der Waals surface area contributed by atoms with Crippen molar-refractivity contribution < 1.29 is 0 Å². The van der Waals surface area contributed by atoms with Crippen molar-refractivity contribution in [3.8, 4) is 0 Å². The Labute approximate surface area is 135 Å². The highest BCUT2D eigenvalue weighted by molar-refractivity contribution is 5.23. The Morgan fingerprint density at radius 1 is 0.773 bits per heavy atom. The summed E-state index contributed by atoms with van der Waals surface area (Å²) >= 11 is 0. The molecule has 0 unspecified atom stereocenters. The standard InChI is InChI=1S/C10H16.C10H14.O2/c2*1-8(2)10-6-4-9(3)5-7-10;1-2/h4,7-8H,5-6H2,1-3H3;4-8H,1-3H3;. The highest BCUT2D eigenvalue weighted by Gasteiger charge is 2.04. The van der Waals surface area contributed by atoms with Crippen LogP contribution in [0.25, 0.3) is 0 Å². The zero-order valence-corrected chi connectivity index (χ0v) is 14.8. The molecular formula is C20H30O2. The second-order valence-electron chi connectivity index (χ2n) is 6.46. The maximum absolute atomic E-state index is 7.00. The van der Waals surface area contributed by atoms with Crippen molar-refractivity contribution in [1.82, 2.24) is 0 Å². The predicted octanol–water partition coefficient (Wildman–Crippen LogP) is 6.49. The van der Waals surface area contributed by atoms with Crippen LogP contribution in [0.3, 0.4) is 0 Å². The first kappa shape index (κ1) is 20.3. The molecule has 0 aromatic heterocycles. The van der Waals surface area contributed by atoms with E-state index >= 15 is 0 Å². The molecule has 2 nitrogen and oxygen atoms in total. The second-order valence-corrected chi connectivity index (χ2v) is 6.46. The normalized spacial score (nSPS) is 13.5. The van der Waals surface area contributed by atoms with Gasteiger partial charge in [-0.25, -0.2) is 0 Å². The maximum atomic E-state index is 7.00. The number of rotatable bonds is 2. The summed E-state index contributed by atoms with van der Waals surface area (Å²) in [6.45, 7) is 13.3. The Morgan fingerprint density at radius 3 is 1.68 bits per heavy atom. The van der Waals surface area contributed by atoms with Crippen LogP contribution < -0.4 is 0 Å². The Hall–Kier alpha value is -1.70. The number of benzene rings is 1. The third-order valence-electron chi connectivity index (χ3n) is 3.86. The van der Waals surface area contributed by atoms with Crippen LogP contribution in [-0.2, 0) is 0 Å². The lowest BCUT2D eigenvalue weighted by molar-refractivity contribution is 0.733. The van der Waals surface area contributed by atoms with Gasteiger partial charge in [0, 0.05) is 9.93 Å². The van der Waals surface area contributed by atoms with Gasteiger partial charge in [0.05, 0.1) is 0 Å². The molecule has 1 aliphatic rings. The van der Waals surface area contributed by atoms with Crippen LogP contribution in [0, 0.1) is 22.8 Å². The van der Waals surface area contributed by atoms with E-state index in [1.165, 1.54) is 29.5 Å². The van der Waals surface area contributed by atoms with Crippen molar-refractivity contribution in [2.24, 2.45) is 5.92 Å². The van der Waals surface area contributed by atoms with Crippen LogP contribution in [0.5, 0.6) is 0 Å². The molecule has 0 radical (unpaired) electrons. The number of aryl methyl sites for hydroxylation is 1. The summed E-state index contributed by atoms with van der Waals surface area (Å²) in [5.74, 6) is 1.39. The predicted molar refractivity (Wildman–Crippen MR) is 97.9 cm³/mol. The van der Waals surface area contributed by atoms with E-state index in [0.717, 1.165) is 5.92 Å². The summed E-state index contributed by atoms with van der Waals surface area (Å²) < 4.78 is 0. The Morgan fingerprint density at radius 2 is 1.32 bits per heavy atom. The van der Waals surface area contributed by atoms with Crippen LogP contribution in [0.2, 0.25) is 0 Å². The summed E-state index contributed by atoms with van der Waals surface area (Å²) in [5.41, 5.74) is 5.88. The molecule has 0 saturated carbocycles. The zero-order valence-electron chi connectivity index (χ0n) is 14.8. The summed E-state index contributed by atoms with van der Waals surface area (Å²) in [7, 11) is 0. The number of allylic oxidation sites excluding steroid dienone is 4. The van der Waals surface area contributed by atoms with Crippen molar-refractivity contribution in [3.63, 3.8) is 0 Å². The zero-order chi connectivity index (χ0) is 17.1. The van der Waals surface area contributed by atoms with Gasteiger partial charge in [-0.3, -0.25) is 0 Å². The molecule has 0 N–H and O–H groups in total. The number of hydrogen-bond acceptors (Lipinski definition) is 2. The molecule has 0 spiro atoms. The molecule has 0 saturated heterocycles. The first-order valence-electron chi connectivity index (χ1n) is 7.98. The molecule has 1 aromatic carbocycles. The SMILES string of the molecule is CC1=CCC(C(C)C)=CC1.Cc1ccc(C(C)C)cc1.O=O. The van der Waals surface area contributed by atoms with E-state index in [9.17, 15) is 0 Å². The molecule has 0 bridgehead atoms. The van der Waals surface area contributed by atoms with E-state index in [2.05, 4.69) is 78.0 Å². The van der Waals surface area contributed by atoms with Gasteiger partial charge in [-0.2, -0.15) is 0 Å². The fourth-order valence-electron chi connectivity index (χ4n) is 2.17. The van der Waals surface area contributed by atoms with Gasteiger partial charge in [-0.05, 0) is 44.1 Å². The smallest absolute Gasteiger partial charge is 0 e. The van der Waals surface area contributed by atoms with Gasteiger partial charge in [0.1, 0.15) is 0 Å². The quantitative estimate of drug-likeness (QED) is 0.585. The van der Waals surface area contributed by atoms with Gasteiger partial charge in [0.15, 0.2) is 0 Å². The van der Waals surface area contributed by atoms with Crippen molar-refractivity contribution in [3.05, 3.63) is 68.6 Å². The molecule has 2 heteroatoms. The molecule has 0 heterocycles. The van der Waals surface area contributed by atoms with Crippen molar-refractivity contribution in [2.45, 2.75) is 60.3 Å². The van der Waals surface area contributed by atoms with E-state index in [0.29, 0.717) is 5.92 Å². The molecule has 122 valence electrons. The lowest BCUT2D eigenvalue weighted by Crippen LogP contribution is -1.96. The topological polar surface area (TPSA) is 34.1 Å². The van der Waals surface area contributed by atoms with Gasteiger partial charge in [0.25, 0.3) is 0 Å². The van der Waals surface area contributed by atoms with E-state index in [-0.39, 0.29) is 0 Å². The Kier molecular flexibility index (Phi) is 10.1. The molecule has 0 amide bonds. The minimum absolute atomic E-state index is 0.653. The molecule has 0 aliphatic heterocycles. The van der Waals surface area contributed by atoms with Crippen LogP contribution in [-0.4, -0.2) is 0 Å². The summed E-state index contributed by atoms with van der Waals surface area (Å²) in [6.07, 6.45) is 7.08. The van der Waals surface area contributed by atoms with Crippen LogP contribution >= 0.6 is 0 Å². The van der Waals surface area contributed by atoms with Crippen LogP contribution in [0.4, 0.5) is 0 Å². The molecule has 22 heavy (non-hydrogen) atoms. The lowest BCUT2D eigenvalue weighted by atomic mass is 9.93. The van der Waals surface area contributed by atoms with E-state index in [1.54, 1.807) is 5.57 Å². The minimum atomic E-state index is 0.653.